The molecule has 3 heteroatoms. The number of allylic oxidation sites excluding steroid dienone is 2. The Labute approximate surface area is 64.4 Å². The van der Waals surface area contributed by atoms with Crippen LogP contribution in [-0.2, 0) is 4.79 Å². The fourth-order valence-electron chi connectivity index (χ4n) is 2.13. The number of fused-ring (bicyclic) bond motifs is 2. The highest BCUT2D eigenvalue weighted by Crippen LogP contribution is 2.43. The molecule has 58 valence electrons. The van der Waals surface area contributed by atoms with Crippen molar-refractivity contribution in [1.29, 1.82) is 0 Å². The summed E-state index contributed by atoms with van der Waals surface area (Å²) in [7, 11) is 0. The zero-order valence-corrected chi connectivity index (χ0v) is 6.06. The molecule has 2 aliphatic rings. The minimum atomic E-state index is -0.457. The van der Waals surface area contributed by atoms with E-state index >= 15 is 0 Å². The lowest BCUT2D eigenvalue weighted by Crippen LogP contribution is -2.16. The van der Waals surface area contributed by atoms with Gasteiger partial charge in [0.2, 0.25) is 0 Å². The molecule has 3 atom stereocenters. The summed E-state index contributed by atoms with van der Waals surface area (Å²) in [4.78, 5) is 20.8. The number of nitrogens with zero attached hydrogens (tertiary/aromatic N) is 1. The van der Waals surface area contributed by atoms with Gasteiger partial charge in [-0.15, -0.1) is 4.91 Å². The van der Waals surface area contributed by atoms with Crippen LogP contribution in [0, 0.1) is 22.7 Å². The molecule has 3 unspecified atom stereocenters. The van der Waals surface area contributed by atoms with E-state index in [1.165, 1.54) is 0 Å². The molecular weight excluding hydrogens is 142 g/mol. The molecule has 1 amide bonds. The third kappa shape index (κ3) is 0.914. The first-order valence-corrected chi connectivity index (χ1v) is 3.87. The Morgan fingerprint density at radius 3 is 2.64 bits per heavy atom. The van der Waals surface area contributed by atoms with Crippen molar-refractivity contribution in [2.24, 2.45) is 22.9 Å². The summed E-state index contributed by atoms with van der Waals surface area (Å²) in [5, 5.41) is 2.47. The van der Waals surface area contributed by atoms with E-state index in [-0.39, 0.29) is 5.92 Å². The fourth-order valence-corrected chi connectivity index (χ4v) is 2.13. The molecule has 1 saturated carbocycles. The van der Waals surface area contributed by atoms with Gasteiger partial charge in [0.25, 0.3) is 5.91 Å². The van der Waals surface area contributed by atoms with Crippen molar-refractivity contribution in [3.63, 3.8) is 0 Å². The second kappa shape index (κ2) is 2.26. The maximum atomic E-state index is 10.9. The highest BCUT2D eigenvalue weighted by atomic mass is 16.3. The molecule has 3 nitrogen and oxygen atoms in total. The topological polar surface area (TPSA) is 46.5 Å². The molecule has 0 aromatic heterocycles. The first kappa shape index (κ1) is 6.70. The van der Waals surface area contributed by atoms with Gasteiger partial charge in [-0.2, -0.15) is 0 Å². The Balaban J connectivity index is 2.14. The average molecular weight is 151 g/mol. The Morgan fingerprint density at radius 1 is 1.36 bits per heavy atom. The van der Waals surface area contributed by atoms with E-state index in [2.05, 4.69) is 11.3 Å². The van der Waals surface area contributed by atoms with E-state index in [4.69, 9.17) is 0 Å². The summed E-state index contributed by atoms with van der Waals surface area (Å²) in [6.07, 6.45) is 6.07. The number of carbonyl (C=O) groups is 1. The summed E-state index contributed by atoms with van der Waals surface area (Å²) in [6.45, 7) is 0. The van der Waals surface area contributed by atoms with Crippen LogP contribution in [0.5, 0.6) is 0 Å². The second-order valence-corrected chi connectivity index (χ2v) is 3.32. The van der Waals surface area contributed by atoms with Crippen molar-refractivity contribution in [3.8, 4) is 0 Å². The molecule has 2 rings (SSSR count). The van der Waals surface area contributed by atoms with Crippen LogP contribution in [0.2, 0.25) is 0 Å². The van der Waals surface area contributed by atoms with Crippen LogP contribution in [0.1, 0.15) is 12.8 Å². The van der Waals surface area contributed by atoms with Crippen molar-refractivity contribution < 1.29 is 4.79 Å². The maximum Gasteiger partial charge on any atom is 0.290 e. The zero-order valence-electron chi connectivity index (χ0n) is 6.06. The molecule has 11 heavy (non-hydrogen) atoms. The molecule has 0 heterocycles. The third-order valence-corrected chi connectivity index (χ3v) is 2.69. The molecule has 0 aromatic carbocycles. The SMILES string of the molecule is O=NC(=O)C1CC2C=CC1C2. The third-order valence-electron chi connectivity index (χ3n) is 2.69. The van der Waals surface area contributed by atoms with Gasteiger partial charge < -0.3 is 0 Å². The Hall–Kier alpha value is -0.990. The second-order valence-electron chi connectivity index (χ2n) is 3.32. The molecule has 2 bridgehead atoms. The maximum absolute atomic E-state index is 10.9. The van der Waals surface area contributed by atoms with Crippen molar-refractivity contribution in [1.82, 2.24) is 0 Å². The number of rotatable bonds is 1. The van der Waals surface area contributed by atoms with E-state index in [0.717, 1.165) is 12.8 Å². The summed E-state index contributed by atoms with van der Waals surface area (Å²) in [6, 6.07) is 0. The highest BCUT2D eigenvalue weighted by molar-refractivity contribution is 5.80. The van der Waals surface area contributed by atoms with Crippen LogP contribution < -0.4 is 0 Å². The van der Waals surface area contributed by atoms with Crippen LogP contribution in [0.4, 0.5) is 0 Å². The molecule has 0 radical (unpaired) electrons. The smallest absolute Gasteiger partial charge is 0.269 e. The van der Waals surface area contributed by atoms with Gasteiger partial charge in [-0.3, -0.25) is 4.79 Å². The van der Waals surface area contributed by atoms with Gasteiger partial charge in [0.15, 0.2) is 0 Å². The molecule has 0 aliphatic heterocycles. The normalized spacial score (nSPS) is 39.5. The summed E-state index contributed by atoms with van der Waals surface area (Å²) in [5.74, 6) is 0.297. The number of nitroso groups, excluding NO2 is 1. The van der Waals surface area contributed by atoms with E-state index in [1.54, 1.807) is 0 Å². The number of hydrogen-bond donors (Lipinski definition) is 0. The predicted molar refractivity (Wildman–Crippen MR) is 39.6 cm³/mol. The van der Waals surface area contributed by atoms with Crippen molar-refractivity contribution in [3.05, 3.63) is 17.1 Å². The molecule has 0 aromatic rings. The predicted octanol–water partition coefficient (Wildman–Crippen LogP) is 1.49. The number of hydrogen-bond acceptors (Lipinski definition) is 2. The monoisotopic (exact) mass is 151 g/mol. The number of amides is 1. The first-order valence-electron chi connectivity index (χ1n) is 3.87. The quantitative estimate of drug-likeness (QED) is 0.421. The Morgan fingerprint density at radius 2 is 2.18 bits per heavy atom. The van der Waals surface area contributed by atoms with E-state index in [1.807, 2.05) is 6.08 Å². The lowest BCUT2D eigenvalue weighted by atomic mass is 9.93. The lowest BCUT2D eigenvalue weighted by Gasteiger charge is -2.11. The summed E-state index contributed by atoms with van der Waals surface area (Å²) in [5.41, 5.74) is 0. The van der Waals surface area contributed by atoms with Gasteiger partial charge in [0.05, 0.1) is 5.92 Å². The van der Waals surface area contributed by atoms with Gasteiger partial charge >= 0.3 is 0 Å². The van der Waals surface area contributed by atoms with E-state index in [9.17, 15) is 9.70 Å². The Bertz CT molecular complexity index is 234. The standard InChI is InChI=1S/C8H9NO2/c10-8(9-11)7-4-5-1-2-6(7)3-5/h1-2,5-7H,3-4H2. The van der Waals surface area contributed by atoms with Gasteiger partial charge in [-0.1, -0.05) is 12.2 Å². The first-order chi connectivity index (χ1) is 5.31. The van der Waals surface area contributed by atoms with Crippen molar-refractivity contribution in [2.75, 3.05) is 0 Å². The van der Waals surface area contributed by atoms with Crippen molar-refractivity contribution in [2.45, 2.75) is 12.8 Å². The molecule has 2 aliphatic carbocycles. The Kier molecular flexibility index (Phi) is 1.37. The average Bonchev–Trinajstić information content (AvgIpc) is 2.62. The van der Waals surface area contributed by atoms with Crippen LogP contribution in [0.3, 0.4) is 0 Å². The van der Waals surface area contributed by atoms with E-state index in [0.29, 0.717) is 11.8 Å². The van der Waals surface area contributed by atoms with Crippen molar-refractivity contribution >= 4 is 5.91 Å². The molecule has 1 fully saturated rings. The minimum absolute atomic E-state index is 0.0949. The molecule has 0 N–H and O–H groups in total. The van der Waals surface area contributed by atoms with Gasteiger partial charge in [-0.05, 0) is 24.7 Å². The molecule has 0 saturated heterocycles. The van der Waals surface area contributed by atoms with Crippen LogP contribution in [0.25, 0.3) is 0 Å². The van der Waals surface area contributed by atoms with Gasteiger partial charge in [0, 0.05) is 5.18 Å². The summed E-state index contributed by atoms with van der Waals surface area (Å²) >= 11 is 0. The molecule has 0 spiro atoms. The van der Waals surface area contributed by atoms with Gasteiger partial charge in [-0.25, -0.2) is 0 Å². The minimum Gasteiger partial charge on any atom is -0.269 e. The largest absolute Gasteiger partial charge is 0.290 e. The fraction of sp³-hybridized carbons (Fsp3) is 0.625. The van der Waals surface area contributed by atoms with Gasteiger partial charge in [0.1, 0.15) is 0 Å². The zero-order chi connectivity index (χ0) is 7.84. The van der Waals surface area contributed by atoms with Crippen LogP contribution in [-0.4, -0.2) is 5.91 Å². The van der Waals surface area contributed by atoms with Crippen LogP contribution >= 0.6 is 0 Å². The number of carbonyl (C=O) groups excluding carboxylic acids is 1. The van der Waals surface area contributed by atoms with E-state index < -0.39 is 5.91 Å². The lowest BCUT2D eigenvalue weighted by molar-refractivity contribution is -0.122. The van der Waals surface area contributed by atoms with Crippen LogP contribution in [0.15, 0.2) is 17.3 Å². The molecular formula is C8H9NO2. The summed E-state index contributed by atoms with van der Waals surface area (Å²) < 4.78 is 0. The highest BCUT2D eigenvalue weighted by Gasteiger charge is 2.40.